The first-order valence-electron chi connectivity index (χ1n) is 10.0. The predicted octanol–water partition coefficient (Wildman–Crippen LogP) is 4.06. The standard InChI is InChI=1S/C23H25N5O/c1-15-4-5-16(2)20(12-15)27-8-10-28(11-9-27)23-22-21(24-14-25-23)18-7-6-17(29-3)13-19(18)26-22/h4-7,12-14,26H,8-11H2,1-3H3. The van der Waals surface area contributed by atoms with Gasteiger partial charge >= 0.3 is 0 Å². The smallest absolute Gasteiger partial charge is 0.156 e. The second-order valence-corrected chi connectivity index (χ2v) is 7.72. The molecular weight excluding hydrogens is 362 g/mol. The molecule has 0 radical (unpaired) electrons. The normalized spacial score (nSPS) is 14.7. The molecule has 3 heterocycles. The van der Waals surface area contributed by atoms with Crippen LogP contribution in [0.3, 0.4) is 0 Å². The number of fused-ring (bicyclic) bond motifs is 3. The first-order chi connectivity index (χ1) is 14.1. The SMILES string of the molecule is COc1ccc2c(c1)[nH]c1c(N3CCN(c4cc(C)ccc4C)CC3)ncnc12. The maximum atomic E-state index is 5.36. The van der Waals surface area contributed by atoms with Crippen LogP contribution in [0, 0.1) is 13.8 Å². The van der Waals surface area contributed by atoms with Crippen molar-refractivity contribution in [2.45, 2.75) is 13.8 Å². The number of nitrogens with one attached hydrogen (secondary N) is 1. The van der Waals surface area contributed by atoms with Crippen LogP contribution in [0.25, 0.3) is 21.9 Å². The van der Waals surface area contributed by atoms with Crippen molar-refractivity contribution in [1.29, 1.82) is 0 Å². The molecule has 2 aromatic carbocycles. The number of anilines is 2. The summed E-state index contributed by atoms with van der Waals surface area (Å²) in [6, 6.07) is 12.7. The molecule has 2 aromatic heterocycles. The molecule has 6 nitrogen and oxygen atoms in total. The van der Waals surface area contributed by atoms with E-state index < -0.39 is 0 Å². The minimum absolute atomic E-state index is 0.834. The van der Waals surface area contributed by atoms with Crippen molar-refractivity contribution in [3.63, 3.8) is 0 Å². The fourth-order valence-electron chi connectivity index (χ4n) is 4.25. The number of aromatic nitrogens is 3. The molecule has 0 spiro atoms. The zero-order valence-electron chi connectivity index (χ0n) is 17.1. The van der Waals surface area contributed by atoms with Crippen molar-refractivity contribution < 1.29 is 4.74 Å². The lowest BCUT2D eigenvalue weighted by molar-refractivity contribution is 0.415. The van der Waals surface area contributed by atoms with Crippen LogP contribution < -0.4 is 14.5 Å². The molecule has 29 heavy (non-hydrogen) atoms. The first-order valence-corrected chi connectivity index (χ1v) is 10.0. The fourth-order valence-corrected chi connectivity index (χ4v) is 4.25. The number of hydrogen-bond donors (Lipinski definition) is 1. The van der Waals surface area contributed by atoms with Gasteiger partial charge in [0.05, 0.1) is 12.6 Å². The Morgan fingerprint density at radius 3 is 2.52 bits per heavy atom. The van der Waals surface area contributed by atoms with Gasteiger partial charge in [-0.1, -0.05) is 12.1 Å². The molecule has 6 heteroatoms. The van der Waals surface area contributed by atoms with Crippen LogP contribution in [0.4, 0.5) is 11.5 Å². The van der Waals surface area contributed by atoms with E-state index in [1.54, 1.807) is 13.4 Å². The number of nitrogens with zero attached hydrogens (tertiary/aromatic N) is 4. The van der Waals surface area contributed by atoms with Crippen LogP contribution in [0.1, 0.15) is 11.1 Å². The van der Waals surface area contributed by atoms with Crippen LogP contribution in [0.2, 0.25) is 0 Å². The van der Waals surface area contributed by atoms with Gasteiger partial charge in [-0.15, -0.1) is 0 Å². The van der Waals surface area contributed by atoms with E-state index in [1.807, 2.05) is 12.1 Å². The summed E-state index contributed by atoms with van der Waals surface area (Å²) in [6.45, 7) is 8.15. The molecule has 0 aliphatic carbocycles. The quantitative estimate of drug-likeness (QED) is 0.574. The maximum Gasteiger partial charge on any atom is 0.156 e. The van der Waals surface area contributed by atoms with Gasteiger partial charge < -0.3 is 19.5 Å². The molecule has 0 bridgehead atoms. The maximum absolute atomic E-state index is 5.36. The molecule has 0 amide bonds. The number of methoxy groups -OCH3 is 1. The summed E-state index contributed by atoms with van der Waals surface area (Å²) in [6.07, 6.45) is 1.67. The van der Waals surface area contributed by atoms with Crippen molar-refractivity contribution in [2.75, 3.05) is 43.1 Å². The van der Waals surface area contributed by atoms with E-state index in [0.29, 0.717) is 0 Å². The van der Waals surface area contributed by atoms with Gasteiger partial charge in [-0.25, -0.2) is 9.97 Å². The van der Waals surface area contributed by atoms with Crippen molar-refractivity contribution >= 4 is 33.4 Å². The van der Waals surface area contributed by atoms with Gasteiger partial charge in [-0.3, -0.25) is 0 Å². The first kappa shape index (κ1) is 17.8. The second kappa shape index (κ2) is 6.95. The summed E-state index contributed by atoms with van der Waals surface area (Å²) in [5.74, 6) is 1.81. The molecule has 1 fully saturated rings. The van der Waals surface area contributed by atoms with Gasteiger partial charge in [0.2, 0.25) is 0 Å². The molecule has 4 aromatic rings. The monoisotopic (exact) mass is 387 g/mol. The van der Waals surface area contributed by atoms with Crippen molar-refractivity contribution in [3.8, 4) is 5.75 Å². The van der Waals surface area contributed by atoms with Crippen molar-refractivity contribution in [2.24, 2.45) is 0 Å². The number of benzene rings is 2. The van der Waals surface area contributed by atoms with Gasteiger partial charge in [0, 0.05) is 43.3 Å². The van der Waals surface area contributed by atoms with Crippen LogP contribution >= 0.6 is 0 Å². The number of hydrogen-bond acceptors (Lipinski definition) is 5. The third-order valence-electron chi connectivity index (χ3n) is 5.85. The lowest BCUT2D eigenvalue weighted by Crippen LogP contribution is -2.47. The van der Waals surface area contributed by atoms with Crippen LogP contribution in [-0.4, -0.2) is 48.2 Å². The van der Waals surface area contributed by atoms with Crippen LogP contribution in [0.5, 0.6) is 5.75 Å². The van der Waals surface area contributed by atoms with Crippen LogP contribution in [0.15, 0.2) is 42.7 Å². The number of piperazine rings is 1. The second-order valence-electron chi connectivity index (χ2n) is 7.72. The van der Waals surface area contributed by atoms with E-state index in [9.17, 15) is 0 Å². The van der Waals surface area contributed by atoms with Gasteiger partial charge in [-0.05, 0) is 43.2 Å². The lowest BCUT2D eigenvalue weighted by Gasteiger charge is -2.37. The summed E-state index contributed by atoms with van der Waals surface area (Å²) in [4.78, 5) is 17.5. The molecule has 1 aliphatic rings. The average Bonchev–Trinajstić information content (AvgIpc) is 3.13. The predicted molar refractivity (Wildman–Crippen MR) is 118 cm³/mol. The van der Waals surface area contributed by atoms with Gasteiger partial charge in [0.1, 0.15) is 23.1 Å². The summed E-state index contributed by atoms with van der Waals surface area (Å²) in [5.41, 5.74) is 6.96. The minimum atomic E-state index is 0.834. The Morgan fingerprint density at radius 1 is 0.931 bits per heavy atom. The topological polar surface area (TPSA) is 57.3 Å². The van der Waals surface area contributed by atoms with Crippen molar-refractivity contribution in [1.82, 2.24) is 15.0 Å². The average molecular weight is 387 g/mol. The zero-order valence-corrected chi connectivity index (χ0v) is 17.1. The number of aryl methyl sites for hydroxylation is 2. The Morgan fingerprint density at radius 2 is 1.72 bits per heavy atom. The van der Waals surface area contributed by atoms with E-state index >= 15 is 0 Å². The Balaban J connectivity index is 1.45. The molecule has 1 N–H and O–H groups in total. The van der Waals surface area contributed by atoms with E-state index in [-0.39, 0.29) is 0 Å². The van der Waals surface area contributed by atoms with E-state index in [2.05, 4.69) is 62.9 Å². The number of aromatic amines is 1. The number of H-pyrrole nitrogens is 1. The van der Waals surface area contributed by atoms with E-state index in [4.69, 9.17) is 4.74 Å². The molecule has 5 rings (SSSR count). The third kappa shape index (κ3) is 3.05. The number of rotatable bonds is 3. The molecule has 1 aliphatic heterocycles. The zero-order chi connectivity index (χ0) is 20.0. The van der Waals surface area contributed by atoms with Gasteiger partial charge in [0.15, 0.2) is 5.82 Å². The number of ether oxygens (including phenoxy) is 1. The molecule has 0 saturated carbocycles. The van der Waals surface area contributed by atoms with Gasteiger partial charge in [0.25, 0.3) is 0 Å². The summed E-state index contributed by atoms with van der Waals surface area (Å²) < 4.78 is 5.36. The van der Waals surface area contributed by atoms with Crippen LogP contribution in [-0.2, 0) is 0 Å². The Bertz CT molecular complexity index is 1190. The van der Waals surface area contributed by atoms with Crippen molar-refractivity contribution in [3.05, 3.63) is 53.9 Å². The highest BCUT2D eigenvalue weighted by Gasteiger charge is 2.22. The summed E-state index contributed by atoms with van der Waals surface area (Å²) >= 11 is 0. The Labute approximate surface area is 170 Å². The molecule has 0 atom stereocenters. The van der Waals surface area contributed by atoms with E-state index in [0.717, 1.165) is 59.7 Å². The largest absolute Gasteiger partial charge is 0.497 e. The summed E-state index contributed by atoms with van der Waals surface area (Å²) in [7, 11) is 1.69. The highest BCUT2D eigenvalue weighted by molar-refractivity contribution is 6.08. The highest BCUT2D eigenvalue weighted by Crippen LogP contribution is 2.32. The fraction of sp³-hybridized carbons (Fsp3) is 0.304. The Hall–Kier alpha value is -3.28. The molecule has 1 saturated heterocycles. The van der Waals surface area contributed by atoms with Gasteiger partial charge in [-0.2, -0.15) is 0 Å². The lowest BCUT2D eigenvalue weighted by atomic mass is 10.1. The summed E-state index contributed by atoms with van der Waals surface area (Å²) in [5, 5.41) is 1.10. The molecular formula is C23H25N5O. The highest BCUT2D eigenvalue weighted by atomic mass is 16.5. The molecule has 148 valence electrons. The van der Waals surface area contributed by atoms with E-state index in [1.165, 1.54) is 16.8 Å². The minimum Gasteiger partial charge on any atom is -0.497 e. The molecule has 0 unspecified atom stereocenters. The third-order valence-corrected chi connectivity index (χ3v) is 5.85. The Kier molecular flexibility index (Phi) is 4.27.